The van der Waals surface area contributed by atoms with Crippen LogP contribution < -0.4 is 5.32 Å². The highest BCUT2D eigenvalue weighted by Gasteiger charge is 1.96. The van der Waals surface area contributed by atoms with Crippen molar-refractivity contribution in [3.8, 4) is 0 Å². The van der Waals surface area contributed by atoms with Gasteiger partial charge in [0.2, 0.25) is 0 Å². The van der Waals surface area contributed by atoms with Crippen LogP contribution in [-0.2, 0) is 4.74 Å². The van der Waals surface area contributed by atoms with Gasteiger partial charge in [-0.1, -0.05) is 39.0 Å². The molecule has 0 radical (unpaired) electrons. The molecule has 0 fully saturated rings. The van der Waals surface area contributed by atoms with E-state index >= 15 is 0 Å². The van der Waals surface area contributed by atoms with E-state index in [0.717, 1.165) is 26.2 Å². The molecule has 0 heterocycles. The van der Waals surface area contributed by atoms with Crippen molar-refractivity contribution in [1.82, 2.24) is 10.2 Å². The summed E-state index contributed by atoms with van der Waals surface area (Å²) in [5.74, 6) is 0. The molecule has 0 saturated carbocycles. The SMILES string of the molecule is CCCCCCCCNCCN(C)CCOC. The number of unbranched alkanes of at least 4 members (excludes halogenated alkanes) is 5. The first-order valence-corrected chi connectivity index (χ1v) is 7.19. The van der Waals surface area contributed by atoms with Crippen molar-refractivity contribution >= 4 is 0 Å². The van der Waals surface area contributed by atoms with Gasteiger partial charge in [-0.15, -0.1) is 0 Å². The molecule has 1 N–H and O–H groups in total. The molecule has 3 nitrogen and oxygen atoms in total. The van der Waals surface area contributed by atoms with Crippen LogP contribution in [0.4, 0.5) is 0 Å². The minimum absolute atomic E-state index is 0.827. The Morgan fingerprint density at radius 2 is 1.65 bits per heavy atom. The molecule has 0 rings (SSSR count). The summed E-state index contributed by atoms with van der Waals surface area (Å²) >= 11 is 0. The van der Waals surface area contributed by atoms with E-state index in [2.05, 4.69) is 24.2 Å². The summed E-state index contributed by atoms with van der Waals surface area (Å²) < 4.78 is 5.04. The predicted molar refractivity (Wildman–Crippen MR) is 75.6 cm³/mol. The summed E-state index contributed by atoms with van der Waals surface area (Å²) in [6, 6.07) is 0. The van der Waals surface area contributed by atoms with Crippen molar-refractivity contribution in [2.24, 2.45) is 0 Å². The van der Waals surface area contributed by atoms with Crippen molar-refractivity contribution in [2.45, 2.75) is 45.4 Å². The van der Waals surface area contributed by atoms with Crippen molar-refractivity contribution in [1.29, 1.82) is 0 Å². The first kappa shape index (κ1) is 16.9. The zero-order valence-corrected chi connectivity index (χ0v) is 12.1. The van der Waals surface area contributed by atoms with Crippen molar-refractivity contribution in [2.75, 3.05) is 46.9 Å². The topological polar surface area (TPSA) is 24.5 Å². The summed E-state index contributed by atoms with van der Waals surface area (Å²) in [5.41, 5.74) is 0. The first-order chi connectivity index (χ1) is 8.31. The minimum atomic E-state index is 0.827. The average molecular weight is 244 g/mol. The number of methoxy groups -OCH3 is 1. The molecule has 0 aliphatic carbocycles. The highest BCUT2D eigenvalue weighted by atomic mass is 16.5. The van der Waals surface area contributed by atoms with Gasteiger partial charge < -0.3 is 15.0 Å². The van der Waals surface area contributed by atoms with Crippen molar-refractivity contribution < 1.29 is 4.74 Å². The van der Waals surface area contributed by atoms with Gasteiger partial charge in [0.1, 0.15) is 0 Å². The van der Waals surface area contributed by atoms with Crippen LogP contribution in [0.15, 0.2) is 0 Å². The standard InChI is InChI=1S/C14H32N2O/c1-4-5-6-7-8-9-10-15-11-12-16(2)13-14-17-3/h15H,4-14H2,1-3H3. The van der Waals surface area contributed by atoms with Gasteiger partial charge in [-0.3, -0.25) is 0 Å². The Labute approximate surface area is 108 Å². The lowest BCUT2D eigenvalue weighted by atomic mass is 10.1. The van der Waals surface area contributed by atoms with E-state index < -0.39 is 0 Å². The Morgan fingerprint density at radius 1 is 0.941 bits per heavy atom. The third-order valence-corrected chi connectivity index (χ3v) is 3.05. The van der Waals surface area contributed by atoms with Crippen LogP contribution in [0.1, 0.15) is 45.4 Å². The van der Waals surface area contributed by atoms with Crippen LogP contribution >= 0.6 is 0 Å². The number of nitrogens with one attached hydrogen (secondary N) is 1. The molecule has 0 aliphatic heterocycles. The second kappa shape index (κ2) is 13.9. The molecule has 0 bridgehead atoms. The Balaban J connectivity index is 3.02. The van der Waals surface area contributed by atoms with Crippen LogP contribution in [0.3, 0.4) is 0 Å². The Kier molecular flexibility index (Phi) is 13.8. The molecule has 0 aromatic heterocycles. The molecule has 104 valence electrons. The van der Waals surface area contributed by atoms with Gasteiger partial charge in [0.25, 0.3) is 0 Å². The number of hydrogen-bond acceptors (Lipinski definition) is 3. The summed E-state index contributed by atoms with van der Waals surface area (Å²) in [6.07, 6.45) is 8.27. The van der Waals surface area contributed by atoms with Gasteiger partial charge in [0.15, 0.2) is 0 Å². The van der Waals surface area contributed by atoms with E-state index in [1.165, 1.54) is 45.1 Å². The van der Waals surface area contributed by atoms with Crippen LogP contribution in [0.2, 0.25) is 0 Å². The summed E-state index contributed by atoms with van der Waals surface area (Å²) in [6.45, 7) is 7.49. The summed E-state index contributed by atoms with van der Waals surface area (Å²) in [7, 11) is 3.90. The van der Waals surface area contributed by atoms with Crippen LogP contribution in [-0.4, -0.2) is 51.8 Å². The Hall–Kier alpha value is -0.120. The molecule has 0 spiro atoms. The number of ether oxygens (including phenoxy) is 1. The monoisotopic (exact) mass is 244 g/mol. The molecule has 0 unspecified atom stereocenters. The normalized spacial score (nSPS) is 11.3. The molecule has 0 atom stereocenters. The van der Waals surface area contributed by atoms with Crippen LogP contribution in [0.25, 0.3) is 0 Å². The zero-order chi connectivity index (χ0) is 12.8. The van der Waals surface area contributed by atoms with Crippen molar-refractivity contribution in [3.05, 3.63) is 0 Å². The van der Waals surface area contributed by atoms with Gasteiger partial charge in [-0.25, -0.2) is 0 Å². The fraction of sp³-hybridized carbons (Fsp3) is 1.00. The number of hydrogen-bond donors (Lipinski definition) is 1. The van der Waals surface area contributed by atoms with E-state index in [1.54, 1.807) is 7.11 Å². The third-order valence-electron chi connectivity index (χ3n) is 3.05. The molecule has 0 amide bonds. The maximum atomic E-state index is 5.04. The smallest absolute Gasteiger partial charge is 0.0589 e. The highest BCUT2D eigenvalue weighted by Crippen LogP contribution is 2.03. The van der Waals surface area contributed by atoms with Crippen LogP contribution in [0, 0.1) is 0 Å². The second-order valence-corrected chi connectivity index (χ2v) is 4.81. The number of likely N-dealkylation sites (N-methyl/N-ethyl adjacent to an activating group) is 1. The third kappa shape index (κ3) is 13.8. The lowest BCUT2D eigenvalue weighted by molar-refractivity contribution is 0.161. The maximum absolute atomic E-state index is 5.04. The predicted octanol–water partition coefficient (Wildman–Crippen LogP) is 2.51. The largest absolute Gasteiger partial charge is 0.383 e. The molecule has 0 aromatic rings. The molecular formula is C14H32N2O. The first-order valence-electron chi connectivity index (χ1n) is 7.19. The number of rotatable bonds is 13. The molecule has 0 aliphatic rings. The Bertz CT molecular complexity index is 142. The summed E-state index contributed by atoms with van der Waals surface area (Å²) in [4.78, 5) is 2.30. The van der Waals surface area contributed by atoms with Gasteiger partial charge in [-0.2, -0.15) is 0 Å². The Morgan fingerprint density at radius 3 is 2.35 bits per heavy atom. The van der Waals surface area contributed by atoms with E-state index in [4.69, 9.17) is 4.74 Å². The van der Waals surface area contributed by atoms with E-state index in [0.29, 0.717) is 0 Å². The highest BCUT2D eigenvalue weighted by molar-refractivity contribution is 4.55. The quantitative estimate of drug-likeness (QED) is 0.504. The molecule has 3 heteroatoms. The molecular weight excluding hydrogens is 212 g/mol. The van der Waals surface area contributed by atoms with Gasteiger partial charge >= 0.3 is 0 Å². The zero-order valence-electron chi connectivity index (χ0n) is 12.1. The van der Waals surface area contributed by atoms with Crippen LogP contribution in [0.5, 0.6) is 0 Å². The van der Waals surface area contributed by atoms with E-state index in [1.807, 2.05) is 0 Å². The number of nitrogens with zero attached hydrogens (tertiary/aromatic N) is 1. The molecule has 17 heavy (non-hydrogen) atoms. The molecule has 0 saturated heterocycles. The van der Waals surface area contributed by atoms with Crippen molar-refractivity contribution in [3.63, 3.8) is 0 Å². The van der Waals surface area contributed by atoms with Gasteiger partial charge in [0.05, 0.1) is 6.61 Å². The summed E-state index contributed by atoms with van der Waals surface area (Å²) in [5, 5.41) is 3.50. The van der Waals surface area contributed by atoms with Gasteiger partial charge in [-0.05, 0) is 20.0 Å². The maximum Gasteiger partial charge on any atom is 0.0589 e. The lowest BCUT2D eigenvalue weighted by Gasteiger charge is -2.16. The van der Waals surface area contributed by atoms with Gasteiger partial charge in [0, 0.05) is 26.7 Å². The molecule has 0 aromatic carbocycles. The van der Waals surface area contributed by atoms with E-state index in [9.17, 15) is 0 Å². The average Bonchev–Trinajstić information content (AvgIpc) is 2.34. The lowest BCUT2D eigenvalue weighted by Crippen LogP contribution is -2.31. The second-order valence-electron chi connectivity index (χ2n) is 4.81. The fourth-order valence-corrected chi connectivity index (χ4v) is 1.78. The van der Waals surface area contributed by atoms with E-state index in [-0.39, 0.29) is 0 Å². The minimum Gasteiger partial charge on any atom is -0.383 e. The fourth-order valence-electron chi connectivity index (χ4n) is 1.78.